The first-order valence-electron chi connectivity index (χ1n) is 6.12. The number of methoxy groups -OCH3 is 1. The molecule has 0 fully saturated rings. The SMILES string of the molecule is COCc1ccc(CNc2cnc(Cl)c(C)c2)cc1. The van der Waals surface area contributed by atoms with Crippen LogP contribution in [0, 0.1) is 6.92 Å². The Bertz CT molecular complexity index is 540. The van der Waals surface area contributed by atoms with Crippen LogP contribution in [-0.4, -0.2) is 12.1 Å². The maximum absolute atomic E-state index is 5.89. The van der Waals surface area contributed by atoms with Crippen molar-refractivity contribution in [1.82, 2.24) is 4.98 Å². The van der Waals surface area contributed by atoms with Crippen molar-refractivity contribution in [2.45, 2.75) is 20.1 Å². The summed E-state index contributed by atoms with van der Waals surface area (Å²) in [5, 5.41) is 3.88. The van der Waals surface area contributed by atoms with Crippen LogP contribution in [-0.2, 0) is 17.9 Å². The Morgan fingerprint density at radius 2 is 1.89 bits per heavy atom. The van der Waals surface area contributed by atoms with E-state index in [-0.39, 0.29) is 0 Å². The minimum Gasteiger partial charge on any atom is -0.380 e. The first kappa shape index (κ1) is 13.8. The number of pyridine rings is 1. The van der Waals surface area contributed by atoms with Gasteiger partial charge in [0.2, 0.25) is 0 Å². The maximum Gasteiger partial charge on any atom is 0.132 e. The van der Waals surface area contributed by atoms with Gasteiger partial charge >= 0.3 is 0 Å². The third kappa shape index (κ3) is 3.94. The van der Waals surface area contributed by atoms with Gasteiger partial charge in [-0.25, -0.2) is 4.98 Å². The van der Waals surface area contributed by atoms with Gasteiger partial charge in [0.05, 0.1) is 18.5 Å². The summed E-state index contributed by atoms with van der Waals surface area (Å²) in [7, 11) is 1.70. The molecule has 2 rings (SSSR count). The summed E-state index contributed by atoms with van der Waals surface area (Å²) < 4.78 is 5.09. The molecule has 0 saturated heterocycles. The molecule has 0 spiro atoms. The van der Waals surface area contributed by atoms with E-state index in [1.165, 1.54) is 11.1 Å². The number of anilines is 1. The van der Waals surface area contributed by atoms with Crippen molar-refractivity contribution in [2.75, 3.05) is 12.4 Å². The smallest absolute Gasteiger partial charge is 0.132 e. The molecule has 0 radical (unpaired) electrons. The lowest BCUT2D eigenvalue weighted by atomic mass is 10.1. The van der Waals surface area contributed by atoms with Gasteiger partial charge in [-0.05, 0) is 29.7 Å². The Balaban J connectivity index is 1.96. The Kier molecular flexibility index (Phi) is 4.77. The fourth-order valence-corrected chi connectivity index (χ4v) is 1.88. The fraction of sp³-hybridized carbons (Fsp3) is 0.267. The quantitative estimate of drug-likeness (QED) is 0.844. The van der Waals surface area contributed by atoms with Crippen LogP contribution >= 0.6 is 11.6 Å². The standard InChI is InChI=1S/C15H17ClN2O/c1-11-7-14(9-18-15(11)16)17-8-12-3-5-13(6-4-12)10-19-2/h3-7,9,17H,8,10H2,1-2H3. The van der Waals surface area contributed by atoms with E-state index in [2.05, 4.69) is 34.6 Å². The summed E-state index contributed by atoms with van der Waals surface area (Å²) in [4.78, 5) is 4.12. The van der Waals surface area contributed by atoms with Crippen LogP contribution in [0.15, 0.2) is 36.5 Å². The molecule has 0 aliphatic rings. The van der Waals surface area contributed by atoms with Gasteiger partial charge in [-0.15, -0.1) is 0 Å². The Morgan fingerprint density at radius 1 is 1.21 bits per heavy atom. The van der Waals surface area contributed by atoms with Crippen LogP contribution in [0.1, 0.15) is 16.7 Å². The van der Waals surface area contributed by atoms with Crippen LogP contribution in [0.5, 0.6) is 0 Å². The Morgan fingerprint density at radius 3 is 2.53 bits per heavy atom. The number of nitrogens with one attached hydrogen (secondary N) is 1. The number of aryl methyl sites for hydroxylation is 1. The molecule has 3 nitrogen and oxygen atoms in total. The third-order valence-electron chi connectivity index (χ3n) is 2.84. The molecule has 1 N–H and O–H groups in total. The second kappa shape index (κ2) is 6.55. The van der Waals surface area contributed by atoms with Crippen LogP contribution in [0.2, 0.25) is 5.15 Å². The van der Waals surface area contributed by atoms with Crippen molar-refractivity contribution < 1.29 is 4.74 Å². The van der Waals surface area contributed by atoms with Gasteiger partial charge in [0.1, 0.15) is 5.15 Å². The van der Waals surface area contributed by atoms with Gasteiger partial charge in [0.15, 0.2) is 0 Å². The summed E-state index contributed by atoms with van der Waals surface area (Å²) in [5.74, 6) is 0. The van der Waals surface area contributed by atoms with E-state index in [1.54, 1.807) is 13.3 Å². The number of hydrogen-bond donors (Lipinski definition) is 1. The van der Waals surface area contributed by atoms with E-state index < -0.39 is 0 Å². The largest absolute Gasteiger partial charge is 0.380 e. The summed E-state index contributed by atoms with van der Waals surface area (Å²) in [5.41, 5.74) is 4.34. The number of hydrogen-bond acceptors (Lipinski definition) is 3. The molecule has 4 heteroatoms. The lowest BCUT2D eigenvalue weighted by Crippen LogP contribution is -2.00. The van der Waals surface area contributed by atoms with E-state index in [1.807, 2.05) is 13.0 Å². The van der Waals surface area contributed by atoms with Gasteiger partial charge < -0.3 is 10.1 Å². The molecule has 0 aliphatic carbocycles. The molecule has 0 amide bonds. The van der Waals surface area contributed by atoms with Crippen LogP contribution in [0.4, 0.5) is 5.69 Å². The molecular weight excluding hydrogens is 260 g/mol. The average molecular weight is 277 g/mol. The third-order valence-corrected chi connectivity index (χ3v) is 3.24. The van der Waals surface area contributed by atoms with Crippen LogP contribution in [0.3, 0.4) is 0 Å². The van der Waals surface area contributed by atoms with Gasteiger partial charge in [0.25, 0.3) is 0 Å². The predicted octanol–water partition coefficient (Wildman–Crippen LogP) is 3.80. The van der Waals surface area contributed by atoms with E-state index in [4.69, 9.17) is 16.3 Å². The highest BCUT2D eigenvalue weighted by Gasteiger charge is 1.99. The normalized spacial score (nSPS) is 10.5. The first-order valence-corrected chi connectivity index (χ1v) is 6.49. The zero-order valence-electron chi connectivity index (χ0n) is 11.1. The van der Waals surface area contributed by atoms with Crippen molar-refractivity contribution in [1.29, 1.82) is 0 Å². The summed E-state index contributed by atoms with van der Waals surface area (Å²) in [6, 6.07) is 10.3. The molecule has 0 atom stereocenters. The molecular formula is C15H17ClN2O. The van der Waals surface area contributed by atoms with Gasteiger partial charge in [-0.2, -0.15) is 0 Å². The van der Waals surface area contributed by atoms with Gasteiger partial charge in [-0.3, -0.25) is 0 Å². The highest BCUT2D eigenvalue weighted by Crippen LogP contribution is 2.17. The number of halogens is 1. The van der Waals surface area contributed by atoms with Crippen molar-refractivity contribution in [2.24, 2.45) is 0 Å². The molecule has 1 aromatic heterocycles. The minimum absolute atomic E-state index is 0.550. The van der Waals surface area contributed by atoms with Crippen LogP contribution < -0.4 is 5.32 Å². The van der Waals surface area contributed by atoms with Crippen molar-refractivity contribution in [3.05, 3.63) is 58.4 Å². The van der Waals surface area contributed by atoms with Crippen molar-refractivity contribution in [3.8, 4) is 0 Å². The molecule has 0 saturated carbocycles. The zero-order valence-corrected chi connectivity index (χ0v) is 11.9. The number of benzene rings is 1. The monoisotopic (exact) mass is 276 g/mol. The highest BCUT2D eigenvalue weighted by atomic mass is 35.5. The zero-order chi connectivity index (χ0) is 13.7. The molecule has 0 bridgehead atoms. The minimum atomic E-state index is 0.550. The molecule has 2 aromatic rings. The van der Waals surface area contributed by atoms with E-state index in [0.717, 1.165) is 17.8 Å². The summed E-state index contributed by atoms with van der Waals surface area (Å²) in [6.45, 7) is 3.35. The molecule has 19 heavy (non-hydrogen) atoms. The molecule has 100 valence electrons. The number of rotatable bonds is 5. The first-order chi connectivity index (χ1) is 9.19. The summed E-state index contributed by atoms with van der Waals surface area (Å²) >= 11 is 5.89. The highest BCUT2D eigenvalue weighted by molar-refractivity contribution is 6.30. The maximum atomic E-state index is 5.89. The Labute approximate surface area is 118 Å². The van der Waals surface area contributed by atoms with Gasteiger partial charge in [-0.1, -0.05) is 35.9 Å². The molecule has 1 aromatic carbocycles. The lowest BCUT2D eigenvalue weighted by molar-refractivity contribution is 0.185. The van der Waals surface area contributed by atoms with E-state index in [9.17, 15) is 0 Å². The summed E-state index contributed by atoms with van der Waals surface area (Å²) in [6.07, 6.45) is 1.74. The van der Waals surface area contributed by atoms with Gasteiger partial charge in [0, 0.05) is 13.7 Å². The molecule has 0 aliphatic heterocycles. The fourth-order valence-electron chi connectivity index (χ4n) is 1.78. The lowest BCUT2D eigenvalue weighted by Gasteiger charge is -2.08. The Hall–Kier alpha value is -1.58. The second-order valence-corrected chi connectivity index (χ2v) is 4.79. The number of nitrogens with zero attached hydrogens (tertiary/aromatic N) is 1. The van der Waals surface area contributed by atoms with Crippen LogP contribution in [0.25, 0.3) is 0 Å². The topological polar surface area (TPSA) is 34.1 Å². The predicted molar refractivity (Wildman–Crippen MR) is 78.5 cm³/mol. The van der Waals surface area contributed by atoms with Crippen molar-refractivity contribution >= 4 is 17.3 Å². The molecule has 1 heterocycles. The second-order valence-electron chi connectivity index (χ2n) is 4.43. The van der Waals surface area contributed by atoms with E-state index >= 15 is 0 Å². The van der Waals surface area contributed by atoms with E-state index in [0.29, 0.717) is 11.8 Å². The number of aromatic nitrogens is 1. The number of ether oxygens (including phenoxy) is 1. The molecule has 0 unspecified atom stereocenters. The van der Waals surface area contributed by atoms with Crippen molar-refractivity contribution in [3.63, 3.8) is 0 Å². The average Bonchev–Trinajstić information content (AvgIpc) is 2.42.